The standard InChI is InChI=1S/C12H19NO.ClH/c1-9-5-4-6-10(2)12(9)13-8-7-11(3)14;/h4-6,11,13-14H,7-8H2,1-3H3;1H. The first-order valence-corrected chi connectivity index (χ1v) is 5.09. The van der Waals surface area contributed by atoms with Gasteiger partial charge in [0.1, 0.15) is 0 Å². The summed E-state index contributed by atoms with van der Waals surface area (Å²) in [7, 11) is 0. The van der Waals surface area contributed by atoms with Crippen molar-refractivity contribution < 1.29 is 5.11 Å². The quantitative estimate of drug-likeness (QED) is 0.832. The van der Waals surface area contributed by atoms with Gasteiger partial charge in [-0.3, -0.25) is 0 Å². The molecule has 1 rings (SSSR count). The zero-order chi connectivity index (χ0) is 10.6. The third-order valence-corrected chi connectivity index (χ3v) is 2.35. The molecule has 0 aliphatic heterocycles. The van der Waals surface area contributed by atoms with E-state index in [2.05, 4.69) is 37.4 Å². The van der Waals surface area contributed by atoms with Crippen molar-refractivity contribution in [2.24, 2.45) is 0 Å². The van der Waals surface area contributed by atoms with E-state index in [1.54, 1.807) is 0 Å². The summed E-state index contributed by atoms with van der Waals surface area (Å²) in [5.41, 5.74) is 3.72. The number of hydrogen-bond acceptors (Lipinski definition) is 2. The Kier molecular flexibility index (Phi) is 6.37. The summed E-state index contributed by atoms with van der Waals surface area (Å²) < 4.78 is 0. The molecule has 0 saturated carbocycles. The zero-order valence-corrected chi connectivity index (χ0v) is 10.4. The Bertz CT molecular complexity index is 279. The number of hydrogen-bond donors (Lipinski definition) is 2. The third-order valence-electron chi connectivity index (χ3n) is 2.35. The summed E-state index contributed by atoms with van der Waals surface area (Å²) in [6, 6.07) is 6.25. The molecule has 1 unspecified atom stereocenters. The Balaban J connectivity index is 0.00000196. The van der Waals surface area contributed by atoms with E-state index in [1.165, 1.54) is 16.8 Å². The highest BCUT2D eigenvalue weighted by atomic mass is 35.5. The van der Waals surface area contributed by atoms with Gasteiger partial charge in [0.25, 0.3) is 0 Å². The van der Waals surface area contributed by atoms with Crippen LogP contribution < -0.4 is 5.32 Å². The molecule has 15 heavy (non-hydrogen) atoms. The number of nitrogens with one attached hydrogen (secondary N) is 1. The monoisotopic (exact) mass is 229 g/mol. The fourth-order valence-corrected chi connectivity index (χ4v) is 1.50. The SMILES string of the molecule is Cc1cccc(C)c1NCCC(C)O.Cl. The lowest BCUT2D eigenvalue weighted by Crippen LogP contribution is -2.11. The maximum Gasteiger partial charge on any atom is 0.0528 e. The largest absolute Gasteiger partial charge is 0.393 e. The predicted octanol–water partition coefficient (Wildman–Crippen LogP) is 2.91. The maximum atomic E-state index is 9.13. The van der Waals surface area contributed by atoms with E-state index in [4.69, 9.17) is 5.11 Å². The summed E-state index contributed by atoms with van der Waals surface area (Å²) in [6.07, 6.45) is 0.556. The lowest BCUT2D eigenvalue weighted by Gasteiger charge is -2.13. The molecule has 0 bridgehead atoms. The Labute approximate surface area is 98.1 Å². The number of para-hydroxylation sites is 1. The average Bonchev–Trinajstić information content (AvgIpc) is 2.09. The van der Waals surface area contributed by atoms with Crippen molar-refractivity contribution in [1.82, 2.24) is 0 Å². The normalized spacial score (nSPS) is 11.7. The van der Waals surface area contributed by atoms with E-state index in [0.29, 0.717) is 0 Å². The first kappa shape index (κ1) is 14.3. The Hall–Kier alpha value is -0.730. The minimum absolute atomic E-state index is 0. The van der Waals surface area contributed by atoms with Crippen LogP contribution in [0.25, 0.3) is 0 Å². The van der Waals surface area contributed by atoms with Crippen molar-refractivity contribution in [2.45, 2.75) is 33.3 Å². The number of benzene rings is 1. The molecular weight excluding hydrogens is 210 g/mol. The molecule has 1 aromatic rings. The van der Waals surface area contributed by atoms with Crippen LogP contribution in [0.5, 0.6) is 0 Å². The highest BCUT2D eigenvalue weighted by molar-refractivity contribution is 5.85. The molecule has 0 saturated heterocycles. The molecule has 1 aromatic carbocycles. The van der Waals surface area contributed by atoms with Crippen LogP contribution in [0.3, 0.4) is 0 Å². The Morgan fingerprint density at radius 3 is 2.27 bits per heavy atom. The van der Waals surface area contributed by atoms with Crippen LogP contribution in [-0.4, -0.2) is 17.8 Å². The number of rotatable bonds is 4. The van der Waals surface area contributed by atoms with E-state index in [9.17, 15) is 0 Å². The van der Waals surface area contributed by atoms with Crippen LogP contribution in [-0.2, 0) is 0 Å². The second kappa shape index (κ2) is 6.70. The average molecular weight is 230 g/mol. The number of aliphatic hydroxyl groups is 1. The van der Waals surface area contributed by atoms with Crippen molar-refractivity contribution in [2.75, 3.05) is 11.9 Å². The molecule has 0 fully saturated rings. The number of anilines is 1. The van der Waals surface area contributed by atoms with Gasteiger partial charge in [0.15, 0.2) is 0 Å². The minimum atomic E-state index is -0.230. The lowest BCUT2D eigenvalue weighted by atomic mass is 10.1. The van der Waals surface area contributed by atoms with Gasteiger partial charge in [0.05, 0.1) is 6.10 Å². The van der Waals surface area contributed by atoms with Gasteiger partial charge in [-0.2, -0.15) is 0 Å². The van der Waals surface area contributed by atoms with Crippen molar-refractivity contribution in [3.05, 3.63) is 29.3 Å². The second-order valence-electron chi connectivity index (χ2n) is 3.83. The topological polar surface area (TPSA) is 32.3 Å². The van der Waals surface area contributed by atoms with Crippen molar-refractivity contribution in [3.8, 4) is 0 Å². The molecule has 0 aliphatic carbocycles. The van der Waals surface area contributed by atoms with E-state index in [0.717, 1.165) is 13.0 Å². The van der Waals surface area contributed by atoms with Gasteiger partial charge >= 0.3 is 0 Å². The van der Waals surface area contributed by atoms with E-state index in [-0.39, 0.29) is 18.5 Å². The Morgan fingerprint density at radius 2 is 1.80 bits per heavy atom. The second-order valence-corrected chi connectivity index (χ2v) is 3.83. The zero-order valence-electron chi connectivity index (χ0n) is 9.58. The molecule has 0 heterocycles. The van der Waals surface area contributed by atoms with Gasteiger partial charge < -0.3 is 10.4 Å². The molecule has 2 N–H and O–H groups in total. The smallest absolute Gasteiger partial charge is 0.0528 e. The van der Waals surface area contributed by atoms with Crippen molar-refractivity contribution in [3.63, 3.8) is 0 Å². The molecular formula is C12H20ClNO. The first-order valence-electron chi connectivity index (χ1n) is 5.09. The summed E-state index contributed by atoms with van der Waals surface area (Å²) >= 11 is 0. The molecule has 1 atom stereocenters. The molecule has 86 valence electrons. The molecule has 0 spiro atoms. The van der Waals surface area contributed by atoms with Crippen molar-refractivity contribution >= 4 is 18.1 Å². The van der Waals surface area contributed by atoms with E-state index >= 15 is 0 Å². The highest BCUT2D eigenvalue weighted by Gasteiger charge is 2.01. The van der Waals surface area contributed by atoms with E-state index < -0.39 is 0 Å². The van der Waals surface area contributed by atoms with Crippen LogP contribution in [0.2, 0.25) is 0 Å². The van der Waals surface area contributed by atoms with Crippen molar-refractivity contribution in [1.29, 1.82) is 0 Å². The van der Waals surface area contributed by atoms with Crippen LogP contribution >= 0.6 is 12.4 Å². The van der Waals surface area contributed by atoms with Gasteiger partial charge in [-0.05, 0) is 38.3 Å². The van der Waals surface area contributed by atoms with Crippen LogP contribution in [0, 0.1) is 13.8 Å². The fraction of sp³-hybridized carbons (Fsp3) is 0.500. The third kappa shape index (κ3) is 4.54. The Morgan fingerprint density at radius 1 is 1.27 bits per heavy atom. The highest BCUT2D eigenvalue weighted by Crippen LogP contribution is 2.19. The fourth-order valence-electron chi connectivity index (χ4n) is 1.50. The van der Waals surface area contributed by atoms with E-state index in [1.807, 2.05) is 6.92 Å². The first-order chi connectivity index (χ1) is 6.61. The van der Waals surface area contributed by atoms with Gasteiger partial charge in [-0.25, -0.2) is 0 Å². The van der Waals surface area contributed by atoms with Crippen LogP contribution in [0.15, 0.2) is 18.2 Å². The lowest BCUT2D eigenvalue weighted by molar-refractivity contribution is 0.188. The number of halogens is 1. The minimum Gasteiger partial charge on any atom is -0.393 e. The molecule has 0 radical (unpaired) electrons. The summed E-state index contributed by atoms with van der Waals surface area (Å²) in [6.45, 7) is 6.82. The molecule has 0 aliphatic rings. The van der Waals surface area contributed by atoms with Crippen LogP contribution in [0.1, 0.15) is 24.5 Å². The number of aryl methyl sites for hydroxylation is 2. The maximum absolute atomic E-state index is 9.13. The van der Waals surface area contributed by atoms with Crippen LogP contribution in [0.4, 0.5) is 5.69 Å². The van der Waals surface area contributed by atoms with Gasteiger partial charge in [-0.15, -0.1) is 12.4 Å². The van der Waals surface area contributed by atoms with Gasteiger partial charge in [0.2, 0.25) is 0 Å². The molecule has 2 nitrogen and oxygen atoms in total. The number of aliphatic hydroxyl groups excluding tert-OH is 1. The predicted molar refractivity (Wildman–Crippen MR) is 68.0 cm³/mol. The summed E-state index contributed by atoms with van der Waals surface area (Å²) in [5, 5.41) is 12.5. The summed E-state index contributed by atoms with van der Waals surface area (Å²) in [4.78, 5) is 0. The van der Waals surface area contributed by atoms with Gasteiger partial charge in [0, 0.05) is 12.2 Å². The van der Waals surface area contributed by atoms with Gasteiger partial charge in [-0.1, -0.05) is 18.2 Å². The molecule has 0 aromatic heterocycles. The molecule has 3 heteroatoms. The molecule has 0 amide bonds. The summed E-state index contributed by atoms with van der Waals surface area (Å²) in [5.74, 6) is 0.